The molecule has 15 heavy (non-hydrogen) atoms. The number of carbonyl (C=O) groups is 1. The largest absolute Gasteiger partial charge is 0.299 e. The monoisotopic (exact) mass is 220 g/mol. The number of ketones is 1. The Labute approximate surface area is 95.3 Å². The lowest BCUT2D eigenvalue weighted by Crippen LogP contribution is -2.01. The quantitative estimate of drug-likeness (QED) is 0.707. The van der Waals surface area contributed by atoms with E-state index in [2.05, 4.69) is 25.1 Å². The molecule has 0 amide bonds. The van der Waals surface area contributed by atoms with Crippen LogP contribution in [0.5, 0.6) is 0 Å². The molecule has 1 aliphatic rings. The first-order valence-electron chi connectivity index (χ1n) is 5.45. The standard InChI is InChI=1S/C13H16OS/c1-10-3-2-4-13(7-10)15-9-12(14)8-11-5-6-11/h2-4,7,11H,5-6,8-9H2,1H3. The van der Waals surface area contributed by atoms with Gasteiger partial charge in [0.1, 0.15) is 5.78 Å². The molecule has 1 fully saturated rings. The first-order valence-corrected chi connectivity index (χ1v) is 6.44. The molecule has 0 spiro atoms. The third-order valence-corrected chi connectivity index (χ3v) is 3.66. The Bertz CT molecular complexity index is 355. The van der Waals surface area contributed by atoms with Crippen LogP contribution in [0.2, 0.25) is 0 Å². The maximum absolute atomic E-state index is 11.5. The van der Waals surface area contributed by atoms with E-state index >= 15 is 0 Å². The zero-order valence-corrected chi connectivity index (χ0v) is 9.85. The number of hydrogen-bond acceptors (Lipinski definition) is 2. The van der Waals surface area contributed by atoms with Crippen molar-refractivity contribution in [3.63, 3.8) is 0 Å². The van der Waals surface area contributed by atoms with Crippen molar-refractivity contribution in [2.45, 2.75) is 31.1 Å². The summed E-state index contributed by atoms with van der Waals surface area (Å²) in [6, 6.07) is 8.33. The topological polar surface area (TPSA) is 17.1 Å². The van der Waals surface area contributed by atoms with E-state index in [9.17, 15) is 4.79 Å². The van der Waals surface area contributed by atoms with Gasteiger partial charge in [0.05, 0.1) is 5.75 Å². The van der Waals surface area contributed by atoms with E-state index < -0.39 is 0 Å². The summed E-state index contributed by atoms with van der Waals surface area (Å²) < 4.78 is 0. The fourth-order valence-electron chi connectivity index (χ4n) is 1.57. The molecule has 0 atom stereocenters. The second-order valence-electron chi connectivity index (χ2n) is 4.29. The van der Waals surface area contributed by atoms with Crippen LogP contribution in [0.25, 0.3) is 0 Å². The Morgan fingerprint density at radius 1 is 1.47 bits per heavy atom. The van der Waals surface area contributed by atoms with Crippen LogP contribution in [-0.2, 0) is 4.79 Å². The molecule has 0 bridgehead atoms. The Morgan fingerprint density at radius 3 is 2.93 bits per heavy atom. The second-order valence-corrected chi connectivity index (χ2v) is 5.34. The number of benzene rings is 1. The average molecular weight is 220 g/mol. The highest BCUT2D eigenvalue weighted by Gasteiger charge is 2.23. The summed E-state index contributed by atoms with van der Waals surface area (Å²) in [5.74, 6) is 1.76. The summed E-state index contributed by atoms with van der Waals surface area (Å²) in [5.41, 5.74) is 1.26. The van der Waals surface area contributed by atoms with E-state index in [1.54, 1.807) is 11.8 Å². The maximum atomic E-state index is 11.5. The van der Waals surface area contributed by atoms with Gasteiger partial charge >= 0.3 is 0 Å². The zero-order chi connectivity index (χ0) is 10.7. The number of carbonyl (C=O) groups excluding carboxylic acids is 1. The molecular weight excluding hydrogens is 204 g/mol. The minimum Gasteiger partial charge on any atom is -0.299 e. The number of hydrogen-bond donors (Lipinski definition) is 0. The lowest BCUT2D eigenvalue weighted by molar-refractivity contribution is -0.116. The van der Waals surface area contributed by atoms with Crippen molar-refractivity contribution >= 4 is 17.5 Å². The molecule has 0 radical (unpaired) electrons. The van der Waals surface area contributed by atoms with Gasteiger partial charge in [0, 0.05) is 11.3 Å². The summed E-state index contributed by atoms with van der Waals surface area (Å²) in [5, 5.41) is 0. The first-order chi connectivity index (χ1) is 7.24. The van der Waals surface area contributed by atoms with Gasteiger partial charge < -0.3 is 0 Å². The molecule has 1 aliphatic carbocycles. The van der Waals surface area contributed by atoms with Gasteiger partial charge in [0.25, 0.3) is 0 Å². The molecule has 0 aliphatic heterocycles. The van der Waals surface area contributed by atoms with Crippen LogP contribution in [0.15, 0.2) is 29.2 Å². The van der Waals surface area contributed by atoms with Crippen LogP contribution < -0.4 is 0 Å². The molecule has 0 aromatic heterocycles. The van der Waals surface area contributed by atoms with Crippen LogP contribution in [0.1, 0.15) is 24.8 Å². The highest BCUT2D eigenvalue weighted by atomic mass is 32.2. The summed E-state index contributed by atoms with van der Waals surface area (Å²) >= 11 is 1.66. The Hall–Kier alpha value is -0.760. The van der Waals surface area contributed by atoms with Gasteiger partial charge in [0.15, 0.2) is 0 Å². The summed E-state index contributed by atoms with van der Waals surface area (Å²) in [4.78, 5) is 12.7. The molecule has 0 heterocycles. The molecule has 1 saturated carbocycles. The van der Waals surface area contributed by atoms with Crippen molar-refractivity contribution in [2.24, 2.45) is 5.92 Å². The summed E-state index contributed by atoms with van der Waals surface area (Å²) in [6.07, 6.45) is 3.33. The van der Waals surface area contributed by atoms with Crippen molar-refractivity contribution in [3.8, 4) is 0 Å². The predicted octanol–water partition coefficient (Wildman–Crippen LogP) is 3.46. The molecule has 0 unspecified atom stereocenters. The van der Waals surface area contributed by atoms with Crippen molar-refractivity contribution in [1.29, 1.82) is 0 Å². The van der Waals surface area contributed by atoms with Crippen LogP contribution >= 0.6 is 11.8 Å². The van der Waals surface area contributed by atoms with Crippen molar-refractivity contribution in [1.82, 2.24) is 0 Å². The molecule has 1 nitrogen and oxygen atoms in total. The van der Waals surface area contributed by atoms with E-state index in [0.717, 1.165) is 12.3 Å². The third kappa shape index (κ3) is 3.71. The lowest BCUT2D eigenvalue weighted by atomic mass is 10.2. The Kier molecular flexibility index (Phi) is 3.47. The fourth-order valence-corrected chi connectivity index (χ4v) is 2.46. The number of Topliss-reactive ketones (excluding diaryl/α,β-unsaturated/α-hetero) is 1. The van der Waals surface area contributed by atoms with Gasteiger partial charge in [-0.25, -0.2) is 0 Å². The smallest absolute Gasteiger partial charge is 0.143 e. The minimum absolute atomic E-state index is 0.406. The number of aryl methyl sites for hydroxylation is 1. The predicted molar refractivity (Wildman–Crippen MR) is 64.3 cm³/mol. The van der Waals surface area contributed by atoms with Gasteiger partial charge in [-0.3, -0.25) is 4.79 Å². The van der Waals surface area contributed by atoms with E-state index in [1.807, 2.05) is 6.07 Å². The van der Waals surface area contributed by atoms with Gasteiger partial charge in [-0.1, -0.05) is 17.7 Å². The van der Waals surface area contributed by atoms with Crippen LogP contribution in [0, 0.1) is 12.8 Å². The highest BCUT2D eigenvalue weighted by Crippen LogP contribution is 2.33. The Balaban J connectivity index is 1.78. The minimum atomic E-state index is 0.406. The number of thioether (sulfide) groups is 1. The second kappa shape index (κ2) is 4.84. The molecule has 1 aromatic carbocycles. The molecule has 80 valence electrons. The lowest BCUT2D eigenvalue weighted by Gasteiger charge is -2.01. The van der Waals surface area contributed by atoms with Crippen molar-refractivity contribution < 1.29 is 4.79 Å². The molecule has 0 saturated heterocycles. The molecule has 0 N–H and O–H groups in total. The van der Waals surface area contributed by atoms with Crippen LogP contribution in [-0.4, -0.2) is 11.5 Å². The average Bonchev–Trinajstić information content (AvgIpc) is 2.99. The summed E-state index contributed by atoms with van der Waals surface area (Å²) in [6.45, 7) is 2.08. The fraction of sp³-hybridized carbons (Fsp3) is 0.462. The highest BCUT2D eigenvalue weighted by molar-refractivity contribution is 8.00. The zero-order valence-electron chi connectivity index (χ0n) is 9.03. The van der Waals surface area contributed by atoms with Gasteiger partial charge in [-0.2, -0.15) is 0 Å². The van der Waals surface area contributed by atoms with Gasteiger partial charge in [-0.15, -0.1) is 11.8 Å². The van der Waals surface area contributed by atoms with Gasteiger partial charge in [-0.05, 0) is 37.8 Å². The third-order valence-electron chi connectivity index (χ3n) is 2.60. The van der Waals surface area contributed by atoms with Gasteiger partial charge in [0.2, 0.25) is 0 Å². The molecule has 1 aromatic rings. The molecule has 2 heteroatoms. The summed E-state index contributed by atoms with van der Waals surface area (Å²) in [7, 11) is 0. The first kappa shape index (κ1) is 10.7. The van der Waals surface area contributed by atoms with E-state index in [0.29, 0.717) is 11.5 Å². The normalized spacial score (nSPS) is 15.3. The molecular formula is C13H16OS. The maximum Gasteiger partial charge on any atom is 0.143 e. The van der Waals surface area contributed by atoms with E-state index in [-0.39, 0.29) is 0 Å². The molecule has 2 rings (SSSR count). The van der Waals surface area contributed by atoms with Crippen LogP contribution in [0.4, 0.5) is 0 Å². The van der Waals surface area contributed by atoms with Crippen LogP contribution in [0.3, 0.4) is 0 Å². The Morgan fingerprint density at radius 2 is 2.27 bits per heavy atom. The van der Waals surface area contributed by atoms with E-state index in [4.69, 9.17) is 0 Å². The number of rotatable bonds is 5. The van der Waals surface area contributed by atoms with Crippen molar-refractivity contribution in [3.05, 3.63) is 29.8 Å². The van der Waals surface area contributed by atoms with E-state index in [1.165, 1.54) is 23.3 Å². The van der Waals surface area contributed by atoms with Crippen molar-refractivity contribution in [2.75, 3.05) is 5.75 Å². The SMILES string of the molecule is Cc1cccc(SCC(=O)CC2CC2)c1.